The highest BCUT2D eigenvalue weighted by atomic mass is 79.9. The highest BCUT2D eigenvalue weighted by Crippen LogP contribution is 2.20. The maximum Gasteiger partial charge on any atom is 0.243 e. The van der Waals surface area contributed by atoms with Gasteiger partial charge in [-0.15, -0.1) is 0 Å². The van der Waals surface area contributed by atoms with Gasteiger partial charge in [-0.2, -0.15) is 0 Å². The molecule has 2 aromatic rings. The Hall–Kier alpha value is -1.18. The fraction of sp³-hybridized carbons (Fsp3) is 0.0909. The predicted octanol–water partition coefficient (Wildman–Crippen LogP) is 2.66. The van der Waals surface area contributed by atoms with Gasteiger partial charge in [-0.05, 0) is 30.3 Å². The molecule has 0 amide bonds. The van der Waals surface area contributed by atoms with Crippen LogP contribution in [-0.2, 0) is 16.6 Å². The van der Waals surface area contributed by atoms with E-state index < -0.39 is 20.7 Å². The van der Waals surface area contributed by atoms with E-state index in [1.54, 1.807) is 12.1 Å². The Morgan fingerprint density at radius 3 is 2.78 bits per heavy atom. The number of nitrogens with one attached hydrogen (secondary N) is 1. The van der Waals surface area contributed by atoms with E-state index in [4.69, 9.17) is 4.42 Å². The third-order valence-corrected chi connectivity index (χ3v) is 4.11. The summed E-state index contributed by atoms with van der Waals surface area (Å²) in [5.74, 6) is -0.348. The first-order valence-corrected chi connectivity index (χ1v) is 7.24. The van der Waals surface area contributed by atoms with Crippen molar-refractivity contribution in [1.29, 1.82) is 0 Å². The topological polar surface area (TPSA) is 59.3 Å². The maximum absolute atomic E-state index is 13.5. The van der Waals surface area contributed by atoms with Gasteiger partial charge in [-0.1, -0.05) is 15.9 Å². The van der Waals surface area contributed by atoms with Gasteiger partial charge in [-0.3, -0.25) is 0 Å². The molecule has 0 bridgehead atoms. The molecular weight excluding hydrogens is 325 g/mol. The second kappa shape index (κ2) is 5.21. The summed E-state index contributed by atoms with van der Waals surface area (Å²) < 4.78 is 45.0. The minimum atomic E-state index is -3.90. The van der Waals surface area contributed by atoms with Gasteiger partial charge < -0.3 is 4.42 Å². The number of benzene rings is 1. The lowest BCUT2D eigenvalue weighted by Gasteiger charge is -2.06. The fourth-order valence-corrected chi connectivity index (χ4v) is 2.95. The van der Waals surface area contributed by atoms with Crippen molar-refractivity contribution in [1.82, 2.24) is 4.72 Å². The third kappa shape index (κ3) is 2.98. The van der Waals surface area contributed by atoms with Crippen LogP contribution in [0.4, 0.5) is 4.39 Å². The minimum Gasteiger partial charge on any atom is -0.468 e. The molecule has 0 aliphatic rings. The van der Waals surface area contributed by atoms with Crippen LogP contribution in [-0.4, -0.2) is 8.42 Å². The van der Waals surface area contributed by atoms with Crippen LogP contribution in [0.3, 0.4) is 0 Å². The molecular formula is C11H9BrFNO3S. The zero-order valence-electron chi connectivity index (χ0n) is 9.06. The summed E-state index contributed by atoms with van der Waals surface area (Å²) in [6.07, 6.45) is 1.43. The summed E-state index contributed by atoms with van der Waals surface area (Å²) >= 11 is 3.10. The summed E-state index contributed by atoms with van der Waals surface area (Å²) in [6, 6.07) is 7.00. The van der Waals surface area contributed by atoms with Gasteiger partial charge in [0.25, 0.3) is 0 Å². The van der Waals surface area contributed by atoms with Crippen LogP contribution >= 0.6 is 15.9 Å². The molecule has 18 heavy (non-hydrogen) atoms. The monoisotopic (exact) mass is 333 g/mol. The second-order valence-corrected chi connectivity index (χ2v) is 6.13. The second-order valence-electron chi connectivity index (χ2n) is 3.48. The molecule has 0 fully saturated rings. The number of sulfonamides is 1. The van der Waals surface area contributed by atoms with Crippen LogP contribution in [0.2, 0.25) is 0 Å². The first-order valence-electron chi connectivity index (χ1n) is 4.96. The number of hydrogen-bond donors (Lipinski definition) is 1. The Morgan fingerprint density at radius 1 is 1.33 bits per heavy atom. The van der Waals surface area contributed by atoms with Crippen molar-refractivity contribution < 1.29 is 17.2 Å². The van der Waals surface area contributed by atoms with Crippen molar-refractivity contribution in [3.05, 3.63) is 52.6 Å². The van der Waals surface area contributed by atoms with Gasteiger partial charge in [0, 0.05) is 4.47 Å². The first-order chi connectivity index (χ1) is 8.49. The molecule has 0 unspecified atom stereocenters. The lowest BCUT2D eigenvalue weighted by molar-refractivity contribution is 0.497. The molecule has 1 N–H and O–H groups in total. The van der Waals surface area contributed by atoms with Gasteiger partial charge in [0.15, 0.2) is 0 Å². The Kier molecular flexibility index (Phi) is 3.84. The molecule has 0 spiro atoms. The van der Waals surface area contributed by atoms with E-state index in [1.165, 1.54) is 18.4 Å². The Morgan fingerprint density at radius 2 is 2.11 bits per heavy atom. The number of furan rings is 1. The van der Waals surface area contributed by atoms with E-state index in [9.17, 15) is 12.8 Å². The Bertz CT molecular complexity index is 640. The smallest absolute Gasteiger partial charge is 0.243 e. The van der Waals surface area contributed by atoms with Crippen molar-refractivity contribution in [3.63, 3.8) is 0 Å². The van der Waals surface area contributed by atoms with Crippen LogP contribution in [0.5, 0.6) is 0 Å². The zero-order valence-corrected chi connectivity index (χ0v) is 11.5. The first kappa shape index (κ1) is 13.3. The molecule has 0 atom stereocenters. The lowest BCUT2D eigenvalue weighted by atomic mass is 10.3. The van der Waals surface area contributed by atoms with E-state index in [0.29, 0.717) is 10.2 Å². The predicted molar refractivity (Wildman–Crippen MR) is 66.8 cm³/mol. The summed E-state index contributed by atoms with van der Waals surface area (Å²) in [5, 5.41) is 0. The maximum atomic E-state index is 13.5. The number of hydrogen-bond acceptors (Lipinski definition) is 3. The van der Waals surface area contributed by atoms with Gasteiger partial charge in [-0.25, -0.2) is 17.5 Å². The molecule has 0 saturated carbocycles. The molecule has 1 aromatic carbocycles. The zero-order chi connectivity index (χ0) is 13.2. The molecule has 1 aromatic heterocycles. The van der Waals surface area contributed by atoms with Gasteiger partial charge >= 0.3 is 0 Å². The van der Waals surface area contributed by atoms with E-state index >= 15 is 0 Å². The van der Waals surface area contributed by atoms with Crippen LogP contribution in [0.1, 0.15) is 5.76 Å². The van der Waals surface area contributed by atoms with Gasteiger partial charge in [0.05, 0.1) is 12.8 Å². The van der Waals surface area contributed by atoms with Crippen LogP contribution in [0, 0.1) is 5.82 Å². The summed E-state index contributed by atoms with van der Waals surface area (Å²) in [6.45, 7) is -0.0265. The quantitative estimate of drug-likeness (QED) is 0.935. The molecule has 7 heteroatoms. The molecule has 0 aliphatic heterocycles. The van der Waals surface area contributed by atoms with E-state index in [1.807, 2.05) is 0 Å². The highest BCUT2D eigenvalue weighted by Gasteiger charge is 2.19. The van der Waals surface area contributed by atoms with Crippen molar-refractivity contribution in [3.8, 4) is 0 Å². The van der Waals surface area contributed by atoms with Crippen LogP contribution in [0.15, 0.2) is 50.4 Å². The molecule has 96 valence electrons. The Labute approximate surface area is 112 Å². The largest absolute Gasteiger partial charge is 0.468 e. The average Bonchev–Trinajstić information content (AvgIpc) is 2.83. The van der Waals surface area contributed by atoms with Gasteiger partial charge in [0.1, 0.15) is 16.5 Å². The van der Waals surface area contributed by atoms with Crippen LogP contribution < -0.4 is 4.72 Å². The normalized spacial score (nSPS) is 11.7. The van der Waals surface area contributed by atoms with E-state index in [2.05, 4.69) is 20.7 Å². The summed E-state index contributed by atoms with van der Waals surface area (Å²) in [5.41, 5.74) is 0. The summed E-state index contributed by atoms with van der Waals surface area (Å²) in [4.78, 5) is -0.400. The lowest BCUT2D eigenvalue weighted by Crippen LogP contribution is -2.24. The van der Waals surface area contributed by atoms with Crippen molar-refractivity contribution >= 4 is 26.0 Å². The molecule has 0 saturated heterocycles. The van der Waals surface area contributed by atoms with Crippen molar-refractivity contribution in [2.75, 3.05) is 0 Å². The fourth-order valence-electron chi connectivity index (χ4n) is 1.34. The third-order valence-electron chi connectivity index (χ3n) is 2.20. The SMILES string of the molecule is O=S(=O)(NCc1ccco1)c1cc(Br)ccc1F. The van der Waals surface area contributed by atoms with Crippen molar-refractivity contribution in [2.45, 2.75) is 11.4 Å². The van der Waals surface area contributed by atoms with Crippen molar-refractivity contribution in [2.24, 2.45) is 0 Å². The van der Waals surface area contributed by atoms with Crippen LogP contribution in [0.25, 0.3) is 0 Å². The molecule has 4 nitrogen and oxygen atoms in total. The molecule has 0 radical (unpaired) electrons. The Balaban J connectivity index is 2.22. The number of rotatable bonds is 4. The van der Waals surface area contributed by atoms with E-state index in [0.717, 1.165) is 6.07 Å². The average molecular weight is 334 g/mol. The number of halogens is 2. The summed E-state index contributed by atoms with van der Waals surface area (Å²) in [7, 11) is -3.90. The molecule has 1 heterocycles. The molecule has 0 aliphatic carbocycles. The minimum absolute atomic E-state index is 0.0265. The van der Waals surface area contributed by atoms with E-state index in [-0.39, 0.29) is 6.54 Å². The molecule has 2 rings (SSSR count). The highest BCUT2D eigenvalue weighted by molar-refractivity contribution is 9.10. The van der Waals surface area contributed by atoms with Gasteiger partial charge in [0.2, 0.25) is 10.0 Å². The standard InChI is InChI=1S/C11H9BrFNO3S/c12-8-3-4-10(13)11(6-8)18(15,16)14-7-9-2-1-5-17-9/h1-6,14H,7H2.